The summed E-state index contributed by atoms with van der Waals surface area (Å²) in [4.78, 5) is 23.3. The molecule has 0 atom stereocenters. The van der Waals surface area contributed by atoms with Crippen molar-refractivity contribution < 1.29 is 4.39 Å². The highest BCUT2D eigenvalue weighted by Gasteiger charge is 2.14. The van der Waals surface area contributed by atoms with Gasteiger partial charge in [0.05, 0.1) is 5.52 Å². The lowest BCUT2D eigenvalue weighted by atomic mass is 10.2. The number of halogens is 1. The maximum atomic E-state index is 13.1. The lowest BCUT2D eigenvalue weighted by Gasteiger charge is -2.22. The third-order valence-electron chi connectivity index (χ3n) is 4.36. The van der Waals surface area contributed by atoms with Crippen LogP contribution in [0.4, 0.5) is 10.3 Å². The molecule has 3 aromatic rings. The summed E-state index contributed by atoms with van der Waals surface area (Å²) in [5, 5.41) is 0. The molecule has 1 aromatic carbocycles. The number of rotatable bonds is 8. The van der Waals surface area contributed by atoms with E-state index < -0.39 is 0 Å². The zero-order valence-corrected chi connectivity index (χ0v) is 16.0. The Labute approximate surface area is 156 Å². The second kappa shape index (κ2) is 8.45. The van der Waals surface area contributed by atoms with Crippen LogP contribution >= 0.6 is 11.3 Å². The number of thiophene rings is 1. The highest BCUT2D eigenvalue weighted by atomic mass is 32.1. The molecule has 6 heteroatoms. The van der Waals surface area contributed by atoms with Gasteiger partial charge in [0.1, 0.15) is 10.5 Å². The Morgan fingerprint density at radius 3 is 2.38 bits per heavy atom. The topological polar surface area (TPSA) is 49.0 Å². The van der Waals surface area contributed by atoms with Crippen molar-refractivity contribution in [2.75, 3.05) is 18.0 Å². The van der Waals surface area contributed by atoms with E-state index in [0.717, 1.165) is 49.2 Å². The summed E-state index contributed by atoms with van der Waals surface area (Å²) in [6.45, 7) is 6.09. The lowest BCUT2D eigenvalue weighted by molar-refractivity contribution is 0.628. The van der Waals surface area contributed by atoms with E-state index in [9.17, 15) is 9.18 Å². The highest BCUT2D eigenvalue weighted by molar-refractivity contribution is 7.22. The van der Waals surface area contributed by atoms with Gasteiger partial charge in [-0.3, -0.25) is 9.78 Å². The molecule has 4 nitrogen and oxygen atoms in total. The molecule has 0 bridgehead atoms. The zero-order chi connectivity index (χ0) is 18.5. The normalized spacial score (nSPS) is 11.2. The second-order valence-corrected chi connectivity index (χ2v) is 7.47. The summed E-state index contributed by atoms with van der Waals surface area (Å²) >= 11 is 1.39. The Morgan fingerprint density at radius 1 is 1.12 bits per heavy atom. The van der Waals surface area contributed by atoms with E-state index >= 15 is 0 Å². The number of anilines is 1. The summed E-state index contributed by atoms with van der Waals surface area (Å²) in [5.41, 5.74) is 1.48. The molecule has 0 aliphatic heterocycles. The molecule has 0 saturated carbocycles. The van der Waals surface area contributed by atoms with Gasteiger partial charge in [-0.2, -0.15) is 0 Å². The fourth-order valence-corrected chi connectivity index (χ4v) is 3.85. The third-order valence-corrected chi connectivity index (χ3v) is 5.53. The first-order valence-corrected chi connectivity index (χ1v) is 9.98. The van der Waals surface area contributed by atoms with E-state index in [-0.39, 0.29) is 11.4 Å². The number of aromatic nitrogens is 2. The number of aromatic amines is 1. The molecule has 0 saturated heterocycles. The first kappa shape index (κ1) is 18.6. The van der Waals surface area contributed by atoms with E-state index in [1.807, 2.05) is 6.07 Å². The summed E-state index contributed by atoms with van der Waals surface area (Å²) in [6.07, 6.45) is 4.33. The van der Waals surface area contributed by atoms with Gasteiger partial charge in [0.2, 0.25) is 5.95 Å². The quantitative estimate of drug-likeness (QED) is 0.590. The SMILES string of the molecule is CCCCN(CCCC)c1nc2cc(-c3ccc(F)cc3)sc2c(=O)[nH]1. The molecule has 0 amide bonds. The van der Waals surface area contributed by atoms with Crippen LogP contribution in [0.3, 0.4) is 0 Å². The molecule has 2 heterocycles. The minimum absolute atomic E-state index is 0.110. The largest absolute Gasteiger partial charge is 0.342 e. The van der Waals surface area contributed by atoms with E-state index in [1.54, 1.807) is 12.1 Å². The lowest BCUT2D eigenvalue weighted by Crippen LogP contribution is -2.29. The van der Waals surface area contributed by atoms with Crippen LogP contribution in [0, 0.1) is 5.82 Å². The molecule has 26 heavy (non-hydrogen) atoms. The van der Waals surface area contributed by atoms with Crippen LogP contribution < -0.4 is 10.5 Å². The van der Waals surface area contributed by atoms with Gasteiger partial charge in [0.25, 0.3) is 5.56 Å². The number of benzene rings is 1. The number of H-pyrrole nitrogens is 1. The minimum Gasteiger partial charge on any atom is -0.342 e. The molecule has 0 radical (unpaired) electrons. The first-order chi connectivity index (χ1) is 12.6. The van der Waals surface area contributed by atoms with E-state index in [4.69, 9.17) is 4.98 Å². The fourth-order valence-electron chi connectivity index (χ4n) is 2.86. The summed E-state index contributed by atoms with van der Waals surface area (Å²) < 4.78 is 13.8. The minimum atomic E-state index is -0.268. The van der Waals surface area contributed by atoms with Crippen LogP contribution in [-0.4, -0.2) is 23.1 Å². The Kier molecular flexibility index (Phi) is 6.04. The predicted molar refractivity (Wildman–Crippen MR) is 108 cm³/mol. The Balaban J connectivity index is 1.97. The van der Waals surface area contributed by atoms with Crippen LogP contribution in [0.1, 0.15) is 39.5 Å². The van der Waals surface area contributed by atoms with Crippen molar-refractivity contribution >= 4 is 27.5 Å². The summed E-state index contributed by atoms with van der Waals surface area (Å²) in [6, 6.07) is 8.23. The Morgan fingerprint density at radius 2 is 1.77 bits per heavy atom. The number of hydrogen-bond donors (Lipinski definition) is 1. The molecule has 0 aliphatic rings. The van der Waals surface area contributed by atoms with Crippen LogP contribution in [-0.2, 0) is 0 Å². The van der Waals surface area contributed by atoms with Crippen molar-refractivity contribution in [3.63, 3.8) is 0 Å². The third kappa shape index (κ3) is 4.12. The second-order valence-electron chi connectivity index (χ2n) is 6.42. The maximum absolute atomic E-state index is 13.1. The van der Waals surface area contributed by atoms with Crippen LogP contribution in [0.2, 0.25) is 0 Å². The van der Waals surface area contributed by atoms with Crippen molar-refractivity contribution in [1.29, 1.82) is 0 Å². The molecular formula is C20H24FN3OS. The standard InChI is InChI=1S/C20H24FN3OS/c1-3-5-11-24(12-6-4-2)20-22-16-13-17(26-18(16)19(25)23-20)14-7-9-15(21)10-8-14/h7-10,13H,3-6,11-12H2,1-2H3,(H,22,23,25). The van der Waals surface area contributed by atoms with Gasteiger partial charge in [-0.1, -0.05) is 38.8 Å². The van der Waals surface area contributed by atoms with Gasteiger partial charge in [0.15, 0.2) is 0 Å². The molecule has 0 fully saturated rings. The van der Waals surface area contributed by atoms with Crippen LogP contribution in [0.25, 0.3) is 20.7 Å². The number of hydrogen-bond acceptors (Lipinski definition) is 4. The molecule has 0 unspecified atom stereocenters. The van der Waals surface area contributed by atoms with Crippen molar-refractivity contribution in [2.45, 2.75) is 39.5 Å². The maximum Gasteiger partial charge on any atom is 0.270 e. The average molecular weight is 373 g/mol. The number of nitrogens with zero attached hydrogens (tertiary/aromatic N) is 2. The molecular weight excluding hydrogens is 349 g/mol. The molecule has 2 aromatic heterocycles. The summed E-state index contributed by atoms with van der Waals surface area (Å²) in [7, 11) is 0. The van der Waals surface area contributed by atoms with Gasteiger partial charge in [-0.15, -0.1) is 11.3 Å². The first-order valence-electron chi connectivity index (χ1n) is 9.17. The van der Waals surface area contributed by atoms with Crippen molar-refractivity contribution in [1.82, 2.24) is 9.97 Å². The average Bonchev–Trinajstić information content (AvgIpc) is 3.07. The van der Waals surface area contributed by atoms with Crippen LogP contribution in [0.5, 0.6) is 0 Å². The van der Waals surface area contributed by atoms with E-state index in [1.165, 1.54) is 23.5 Å². The van der Waals surface area contributed by atoms with Crippen molar-refractivity contribution in [3.8, 4) is 10.4 Å². The van der Waals surface area contributed by atoms with Gasteiger partial charge in [-0.25, -0.2) is 9.37 Å². The highest BCUT2D eigenvalue weighted by Crippen LogP contribution is 2.31. The molecule has 3 rings (SSSR count). The molecule has 138 valence electrons. The summed E-state index contributed by atoms with van der Waals surface area (Å²) in [5.74, 6) is 0.378. The van der Waals surface area contributed by atoms with Crippen molar-refractivity contribution in [3.05, 3.63) is 46.5 Å². The Bertz CT molecular complexity index is 909. The number of unbranched alkanes of at least 4 members (excludes halogenated alkanes) is 2. The van der Waals surface area contributed by atoms with Crippen LogP contribution in [0.15, 0.2) is 35.1 Å². The van der Waals surface area contributed by atoms with Gasteiger partial charge in [0, 0.05) is 18.0 Å². The fraction of sp³-hybridized carbons (Fsp3) is 0.400. The predicted octanol–water partition coefficient (Wildman–Crippen LogP) is 5.20. The molecule has 0 spiro atoms. The zero-order valence-electron chi connectivity index (χ0n) is 15.2. The van der Waals surface area contributed by atoms with Crippen molar-refractivity contribution in [2.24, 2.45) is 0 Å². The van der Waals surface area contributed by atoms with E-state index in [2.05, 4.69) is 23.7 Å². The number of fused-ring (bicyclic) bond motifs is 1. The van der Waals surface area contributed by atoms with Gasteiger partial charge < -0.3 is 4.90 Å². The monoisotopic (exact) mass is 373 g/mol. The number of nitrogens with one attached hydrogen (secondary N) is 1. The van der Waals surface area contributed by atoms with Gasteiger partial charge >= 0.3 is 0 Å². The molecule has 1 N–H and O–H groups in total. The van der Waals surface area contributed by atoms with E-state index in [0.29, 0.717) is 16.2 Å². The molecule has 0 aliphatic carbocycles. The Hall–Kier alpha value is -2.21. The van der Waals surface area contributed by atoms with Gasteiger partial charge in [-0.05, 0) is 36.6 Å². The smallest absolute Gasteiger partial charge is 0.270 e.